The van der Waals surface area contributed by atoms with Crippen LogP contribution in [0.4, 0.5) is 0 Å². The number of carboxylic acid groups (broad SMARTS) is 1. The van der Waals surface area contributed by atoms with Gasteiger partial charge in [0.2, 0.25) is 0 Å². The Hall–Kier alpha value is -0.530. The van der Waals surface area contributed by atoms with Crippen LogP contribution in [0.5, 0.6) is 0 Å². The van der Waals surface area contributed by atoms with E-state index in [1.807, 2.05) is 0 Å². The van der Waals surface area contributed by atoms with Crippen molar-refractivity contribution in [3.63, 3.8) is 0 Å². The Morgan fingerprint density at radius 1 is 1.29 bits per heavy atom. The Morgan fingerprint density at radius 2 is 1.86 bits per heavy atom. The van der Waals surface area contributed by atoms with E-state index < -0.39 is 5.97 Å². The first-order valence-corrected chi connectivity index (χ1v) is 5.86. The Bertz CT molecular complexity index is 222. The van der Waals surface area contributed by atoms with Crippen LogP contribution in [0.15, 0.2) is 0 Å². The molecule has 2 fully saturated rings. The topological polar surface area (TPSA) is 37.3 Å². The molecule has 2 nitrogen and oxygen atoms in total. The monoisotopic (exact) mass is 196 g/mol. The van der Waals surface area contributed by atoms with Gasteiger partial charge >= 0.3 is 5.97 Å². The summed E-state index contributed by atoms with van der Waals surface area (Å²) in [6.45, 7) is 2.24. The molecular formula is C12H20O2. The Kier molecular flexibility index (Phi) is 2.54. The van der Waals surface area contributed by atoms with Crippen molar-refractivity contribution < 1.29 is 9.90 Å². The Labute approximate surface area is 85.7 Å². The van der Waals surface area contributed by atoms with Crippen LogP contribution < -0.4 is 0 Å². The van der Waals surface area contributed by atoms with Gasteiger partial charge in [0.1, 0.15) is 0 Å². The van der Waals surface area contributed by atoms with E-state index in [-0.39, 0.29) is 5.41 Å². The summed E-state index contributed by atoms with van der Waals surface area (Å²) < 4.78 is 0. The summed E-state index contributed by atoms with van der Waals surface area (Å²) in [5, 5.41) is 9.35. The van der Waals surface area contributed by atoms with Crippen LogP contribution in [0.3, 0.4) is 0 Å². The minimum atomic E-state index is -0.531. The summed E-state index contributed by atoms with van der Waals surface area (Å²) in [4.78, 5) is 11.3. The van der Waals surface area contributed by atoms with Gasteiger partial charge in [-0.2, -0.15) is 0 Å². The average Bonchev–Trinajstić information content (AvgIpc) is 2.93. The van der Waals surface area contributed by atoms with Gasteiger partial charge in [0.05, 0.1) is 5.41 Å². The van der Waals surface area contributed by atoms with Gasteiger partial charge in [-0.1, -0.05) is 19.8 Å². The lowest BCUT2D eigenvalue weighted by Crippen LogP contribution is -2.35. The average molecular weight is 196 g/mol. The van der Waals surface area contributed by atoms with Gasteiger partial charge in [0, 0.05) is 0 Å². The molecular weight excluding hydrogens is 176 g/mol. The molecule has 0 unspecified atom stereocenters. The van der Waals surface area contributed by atoms with E-state index in [4.69, 9.17) is 0 Å². The van der Waals surface area contributed by atoms with Crippen LogP contribution in [-0.2, 0) is 4.79 Å². The highest BCUT2D eigenvalue weighted by Gasteiger charge is 2.44. The molecule has 0 bridgehead atoms. The van der Waals surface area contributed by atoms with Crippen molar-refractivity contribution in [2.45, 2.75) is 51.9 Å². The molecule has 0 amide bonds. The maximum absolute atomic E-state index is 11.3. The first kappa shape index (κ1) is 10.0. The molecule has 0 radical (unpaired) electrons. The number of hydrogen-bond donors (Lipinski definition) is 1. The number of carboxylic acids is 1. The molecule has 2 rings (SSSR count). The zero-order chi connectivity index (χ0) is 10.2. The van der Waals surface area contributed by atoms with E-state index in [1.165, 1.54) is 12.8 Å². The van der Waals surface area contributed by atoms with Crippen LogP contribution in [0.2, 0.25) is 0 Å². The molecule has 0 aromatic heterocycles. The first-order chi connectivity index (χ1) is 6.62. The van der Waals surface area contributed by atoms with Crippen LogP contribution >= 0.6 is 0 Å². The standard InChI is InChI=1S/C12H20O2/c1-9-4-6-12(7-5-9,11(13)14)8-10-2-3-10/h9-10H,2-8H2,1H3,(H,13,14). The lowest BCUT2D eigenvalue weighted by molar-refractivity contribution is -0.152. The van der Waals surface area contributed by atoms with E-state index >= 15 is 0 Å². The zero-order valence-electron chi connectivity index (χ0n) is 8.96. The maximum Gasteiger partial charge on any atom is 0.309 e. The van der Waals surface area contributed by atoms with Gasteiger partial charge in [-0.15, -0.1) is 0 Å². The van der Waals surface area contributed by atoms with Crippen molar-refractivity contribution in [1.29, 1.82) is 0 Å². The zero-order valence-corrected chi connectivity index (χ0v) is 8.96. The summed E-state index contributed by atoms with van der Waals surface area (Å²) >= 11 is 0. The van der Waals surface area contributed by atoms with E-state index in [2.05, 4.69) is 6.92 Å². The molecule has 80 valence electrons. The molecule has 2 aliphatic rings. The van der Waals surface area contributed by atoms with Crippen molar-refractivity contribution in [2.75, 3.05) is 0 Å². The molecule has 0 aliphatic heterocycles. The van der Waals surface area contributed by atoms with E-state index in [0.29, 0.717) is 0 Å². The predicted octanol–water partition coefficient (Wildman–Crippen LogP) is 3.07. The second-order valence-electron chi connectivity index (χ2n) is 5.42. The molecule has 0 aromatic carbocycles. The second kappa shape index (κ2) is 3.56. The molecule has 0 heterocycles. The highest BCUT2D eigenvalue weighted by atomic mass is 16.4. The number of rotatable bonds is 3. The van der Waals surface area contributed by atoms with Crippen molar-refractivity contribution in [3.8, 4) is 0 Å². The molecule has 2 heteroatoms. The quantitative estimate of drug-likeness (QED) is 0.753. The number of hydrogen-bond acceptors (Lipinski definition) is 1. The summed E-state index contributed by atoms with van der Waals surface area (Å²) in [7, 11) is 0. The summed E-state index contributed by atoms with van der Waals surface area (Å²) in [6, 6.07) is 0. The third-order valence-electron chi connectivity index (χ3n) is 4.06. The van der Waals surface area contributed by atoms with Crippen LogP contribution in [0, 0.1) is 17.3 Å². The minimum absolute atomic E-state index is 0.340. The fraction of sp³-hybridized carbons (Fsp3) is 0.917. The van der Waals surface area contributed by atoms with E-state index in [9.17, 15) is 9.90 Å². The van der Waals surface area contributed by atoms with Crippen molar-refractivity contribution in [2.24, 2.45) is 17.3 Å². The molecule has 1 N–H and O–H groups in total. The normalized spacial score (nSPS) is 38.2. The molecule has 0 atom stereocenters. The molecule has 2 aliphatic carbocycles. The Balaban J connectivity index is 2.01. The molecule has 14 heavy (non-hydrogen) atoms. The van der Waals surface area contributed by atoms with Gasteiger partial charge in [0.25, 0.3) is 0 Å². The summed E-state index contributed by atoms with van der Waals surface area (Å²) in [5.74, 6) is 0.942. The molecule has 2 saturated carbocycles. The van der Waals surface area contributed by atoms with Crippen LogP contribution in [0.25, 0.3) is 0 Å². The van der Waals surface area contributed by atoms with Gasteiger partial charge < -0.3 is 5.11 Å². The highest BCUT2D eigenvalue weighted by molar-refractivity contribution is 5.74. The summed E-state index contributed by atoms with van der Waals surface area (Å²) in [5.41, 5.74) is -0.340. The van der Waals surface area contributed by atoms with Crippen LogP contribution in [0.1, 0.15) is 51.9 Å². The third kappa shape index (κ3) is 1.94. The highest BCUT2D eigenvalue weighted by Crippen LogP contribution is 2.48. The van der Waals surface area contributed by atoms with E-state index in [1.54, 1.807) is 0 Å². The van der Waals surface area contributed by atoms with Gasteiger partial charge in [0.15, 0.2) is 0 Å². The molecule has 0 saturated heterocycles. The maximum atomic E-state index is 11.3. The summed E-state index contributed by atoms with van der Waals surface area (Å²) in [6.07, 6.45) is 7.54. The van der Waals surface area contributed by atoms with E-state index in [0.717, 1.165) is 43.9 Å². The minimum Gasteiger partial charge on any atom is -0.481 e. The largest absolute Gasteiger partial charge is 0.481 e. The second-order valence-corrected chi connectivity index (χ2v) is 5.42. The molecule has 0 spiro atoms. The lowest BCUT2D eigenvalue weighted by atomic mass is 9.68. The van der Waals surface area contributed by atoms with Crippen LogP contribution in [-0.4, -0.2) is 11.1 Å². The van der Waals surface area contributed by atoms with Crippen molar-refractivity contribution in [3.05, 3.63) is 0 Å². The van der Waals surface area contributed by atoms with Crippen molar-refractivity contribution in [1.82, 2.24) is 0 Å². The van der Waals surface area contributed by atoms with Gasteiger partial charge in [-0.25, -0.2) is 0 Å². The third-order valence-corrected chi connectivity index (χ3v) is 4.06. The fourth-order valence-electron chi connectivity index (χ4n) is 2.69. The Morgan fingerprint density at radius 3 is 2.29 bits per heavy atom. The van der Waals surface area contributed by atoms with Gasteiger partial charge in [-0.05, 0) is 43.9 Å². The predicted molar refractivity (Wildman–Crippen MR) is 55.0 cm³/mol. The van der Waals surface area contributed by atoms with Crippen molar-refractivity contribution >= 4 is 5.97 Å². The smallest absolute Gasteiger partial charge is 0.309 e. The lowest BCUT2D eigenvalue weighted by Gasteiger charge is -2.35. The number of aliphatic carboxylic acids is 1. The SMILES string of the molecule is CC1CCC(CC2CC2)(C(=O)O)CC1. The van der Waals surface area contributed by atoms with Gasteiger partial charge in [-0.3, -0.25) is 4.79 Å². The number of carbonyl (C=O) groups is 1. The first-order valence-electron chi connectivity index (χ1n) is 5.86. The fourth-order valence-corrected chi connectivity index (χ4v) is 2.69. The molecule has 0 aromatic rings.